The smallest absolute Gasteiger partial charge is 0.0595 e. The Labute approximate surface area is 75.0 Å². The van der Waals surface area contributed by atoms with Gasteiger partial charge in [-0.15, -0.1) is 0 Å². The van der Waals surface area contributed by atoms with Crippen molar-refractivity contribution in [3.63, 3.8) is 0 Å². The van der Waals surface area contributed by atoms with E-state index in [1.807, 2.05) is 0 Å². The molecule has 0 aromatic rings. The van der Waals surface area contributed by atoms with E-state index >= 15 is 0 Å². The van der Waals surface area contributed by atoms with Gasteiger partial charge in [0.2, 0.25) is 0 Å². The highest BCUT2D eigenvalue weighted by Gasteiger charge is 2.17. The van der Waals surface area contributed by atoms with E-state index in [1.165, 1.54) is 19.3 Å². The maximum absolute atomic E-state index is 5.62. The standard InChI is InChI=1S/C10H19NO/c1-3-9(11-2)8-10-6-4-5-7-12-10/h9-10H,2-8H2,1H3. The molecule has 1 aliphatic rings. The molecule has 0 aliphatic carbocycles. The molecule has 70 valence electrons. The second-order valence-corrected chi connectivity index (χ2v) is 3.47. The van der Waals surface area contributed by atoms with Gasteiger partial charge in [-0.25, -0.2) is 0 Å². The summed E-state index contributed by atoms with van der Waals surface area (Å²) in [5.74, 6) is 0. The normalized spacial score (nSPS) is 26.6. The topological polar surface area (TPSA) is 21.6 Å². The summed E-state index contributed by atoms with van der Waals surface area (Å²) in [6.45, 7) is 6.69. The molecule has 0 saturated carbocycles. The van der Waals surface area contributed by atoms with Crippen LogP contribution in [0.25, 0.3) is 0 Å². The molecule has 2 heteroatoms. The Morgan fingerprint density at radius 2 is 2.42 bits per heavy atom. The lowest BCUT2D eigenvalue weighted by Crippen LogP contribution is -2.23. The van der Waals surface area contributed by atoms with Crippen LogP contribution in [0.3, 0.4) is 0 Å². The lowest BCUT2D eigenvalue weighted by Gasteiger charge is -2.24. The second kappa shape index (κ2) is 5.31. The van der Waals surface area contributed by atoms with Crippen LogP contribution in [0, 0.1) is 0 Å². The molecule has 0 bridgehead atoms. The van der Waals surface area contributed by atoms with E-state index in [0.717, 1.165) is 19.4 Å². The average molecular weight is 169 g/mol. The minimum Gasteiger partial charge on any atom is -0.378 e. The zero-order chi connectivity index (χ0) is 8.81. The lowest BCUT2D eigenvalue weighted by molar-refractivity contribution is 0.00744. The van der Waals surface area contributed by atoms with Crippen LogP contribution in [0.2, 0.25) is 0 Å². The third-order valence-electron chi connectivity index (χ3n) is 2.54. The summed E-state index contributed by atoms with van der Waals surface area (Å²) >= 11 is 0. The number of hydrogen-bond donors (Lipinski definition) is 0. The van der Waals surface area contributed by atoms with Crippen LogP contribution in [-0.2, 0) is 4.74 Å². The minimum atomic E-state index is 0.410. The van der Waals surface area contributed by atoms with Crippen molar-refractivity contribution < 1.29 is 4.74 Å². The van der Waals surface area contributed by atoms with Gasteiger partial charge in [0, 0.05) is 6.61 Å². The third kappa shape index (κ3) is 2.94. The van der Waals surface area contributed by atoms with Crippen molar-refractivity contribution in [3.8, 4) is 0 Å². The highest BCUT2D eigenvalue weighted by atomic mass is 16.5. The molecule has 1 aliphatic heterocycles. The SMILES string of the molecule is C=NC(CC)CC1CCCCO1. The Hall–Kier alpha value is -0.370. The van der Waals surface area contributed by atoms with Crippen molar-refractivity contribution >= 4 is 6.72 Å². The largest absolute Gasteiger partial charge is 0.378 e. The van der Waals surface area contributed by atoms with Crippen molar-refractivity contribution in [1.29, 1.82) is 0 Å². The maximum Gasteiger partial charge on any atom is 0.0595 e. The molecule has 2 nitrogen and oxygen atoms in total. The Balaban J connectivity index is 2.22. The third-order valence-corrected chi connectivity index (χ3v) is 2.54. The Bertz CT molecular complexity index is 130. The van der Waals surface area contributed by atoms with Gasteiger partial charge in [0.25, 0.3) is 0 Å². The van der Waals surface area contributed by atoms with E-state index in [9.17, 15) is 0 Å². The highest BCUT2D eigenvalue weighted by Crippen LogP contribution is 2.19. The van der Waals surface area contributed by atoms with Gasteiger partial charge in [-0.1, -0.05) is 6.92 Å². The number of aliphatic imine (C=N–C) groups is 1. The van der Waals surface area contributed by atoms with Crippen LogP contribution in [0.4, 0.5) is 0 Å². The predicted octanol–water partition coefficient (Wildman–Crippen LogP) is 2.42. The molecule has 0 aromatic carbocycles. The van der Waals surface area contributed by atoms with Gasteiger partial charge >= 0.3 is 0 Å². The summed E-state index contributed by atoms with van der Waals surface area (Å²) < 4.78 is 5.62. The van der Waals surface area contributed by atoms with Gasteiger partial charge in [-0.3, -0.25) is 4.99 Å². The van der Waals surface area contributed by atoms with Crippen molar-refractivity contribution in [1.82, 2.24) is 0 Å². The molecule has 0 radical (unpaired) electrons. The monoisotopic (exact) mass is 169 g/mol. The number of rotatable bonds is 4. The molecule has 2 atom stereocenters. The zero-order valence-electron chi connectivity index (χ0n) is 7.96. The van der Waals surface area contributed by atoms with Crippen molar-refractivity contribution in [2.75, 3.05) is 6.61 Å². The van der Waals surface area contributed by atoms with Crippen LogP contribution in [0.1, 0.15) is 39.0 Å². The minimum absolute atomic E-state index is 0.410. The molecular weight excluding hydrogens is 150 g/mol. The van der Waals surface area contributed by atoms with E-state index in [4.69, 9.17) is 4.74 Å². The van der Waals surface area contributed by atoms with E-state index in [0.29, 0.717) is 12.1 Å². The van der Waals surface area contributed by atoms with E-state index in [1.54, 1.807) is 0 Å². The molecule has 12 heavy (non-hydrogen) atoms. The molecule has 2 unspecified atom stereocenters. The van der Waals surface area contributed by atoms with Crippen molar-refractivity contribution in [2.45, 2.75) is 51.2 Å². The Kier molecular flexibility index (Phi) is 4.30. The van der Waals surface area contributed by atoms with Crippen molar-refractivity contribution in [3.05, 3.63) is 0 Å². The predicted molar refractivity (Wildman–Crippen MR) is 51.8 cm³/mol. The summed E-state index contributed by atoms with van der Waals surface area (Å²) in [6, 6.07) is 0.410. The fourth-order valence-electron chi connectivity index (χ4n) is 1.67. The summed E-state index contributed by atoms with van der Waals surface area (Å²) in [5, 5.41) is 0. The quantitative estimate of drug-likeness (QED) is 0.592. The van der Waals surface area contributed by atoms with Gasteiger partial charge in [0.15, 0.2) is 0 Å². The van der Waals surface area contributed by atoms with Gasteiger partial charge < -0.3 is 4.74 Å². The van der Waals surface area contributed by atoms with E-state index in [2.05, 4.69) is 18.6 Å². The van der Waals surface area contributed by atoms with Crippen LogP contribution in [-0.4, -0.2) is 25.5 Å². The molecule has 0 N–H and O–H groups in total. The Morgan fingerprint density at radius 3 is 2.92 bits per heavy atom. The molecule has 1 fully saturated rings. The summed E-state index contributed by atoms with van der Waals surface area (Å²) in [4.78, 5) is 4.07. The van der Waals surface area contributed by atoms with Crippen LogP contribution in [0.5, 0.6) is 0 Å². The highest BCUT2D eigenvalue weighted by molar-refractivity contribution is 5.24. The second-order valence-electron chi connectivity index (χ2n) is 3.47. The van der Waals surface area contributed by atoms with Crippen LogP contribution < -0.4 is 0 Å². The first-order chi connectivity index (χ1) is 5.86. The Morgan fingerprint density at radius 1 is 1.58 bits per heavy atom. The fourth-order valence-corrected chi connectivity index (χ4v) is 1.67. The number of hydrogen-bond acceptors (Lipinski definition) is 2. The number of nitrogens with zero attached hydrogens (tertiary/aromatic N) is 1. The first kappa shape index (κ1) is 9.72. The van der Waals surface area contributed by atoms with Gasteiger partial charge in [0.1, 0.15) is 0 Å². The van der Waals surface area contributed by atoms with Crippen LogP contribution in [0.15, 0.2) is 4.99 Å². The van der Waals surface area contributed by atoms with Gasteiger partial charge in [-0.2, -0.15) is 0 Å². The molecule has 0 aromatic heterocycles. The summed E-state index contributed by atoms with van der Waals surface area (Å²) in [5.41, 5.74) is 0. The lowest BCUT2D eigenvalue weighted by atomic mass is 10.0. The number of ether oxygens (including phenoxy) is 1. The van der Waals surface area contributed by atoms with Gasteiger partial charge in [0.05, 0.1) is 12.1 Å². The van der Waals surface area contributed by atoms with Gasteiger partial charge in [-0.05, 0) is 38.8 Å². The summed E-state index contributed by atoms with van der Waals surface area (Å²) in [7, 11) is 0. The van der Waals surface area contributed by atoms with E-state index in [-0.39, 0.29) is 0 Å². The first-order valence-electron chi connectivity index (χ1n) is 4.94. The molecule has 0 amide bonds. The van der Waals surface area contributed by atoms with Crippen molar-refractivity contribution in [2.24, 2.45) is 4.99 Å². The maximum atomic E-state index is 5.62. The average Bonchev–Trinajstić information content (AvgIpc) is 2.16. The molecule has 1 saturated heterocycles. The molecule has 0 spiro atoms. The molecule has 1 heterocycles. The first-order valence-corrected chi connectivity index (χ1v) is 4.94. The molecule has 1 rings (SSSR count). The fraction of sp³-hybridized carbons (Fsp3) is 0.900. The zero-order valence-corrected chi connectivity index (χ0v) is 7.96. The molecular formula is C10H19NO. The summed E-state index contributed by atoms with van der Waals surface area (Å²) in [6.07, 6.45) is 6.37. The van der Waals surface area contributed by atoms with E-state index < -0.39 is 0 Å². The van der Waals surface area contributed by atoms with Crippen LogP contribution >= 0.6 is 0 Å².